The summed E-state index contributed by atoms with van der Waals surface area (Å²) in [5, 5.41) is 6.54. The Balaban J connectivity index is 0.00000480. The Morgan fingerprint density at radius 2 is 1.87 bits per heavy atom. The molecule has 0 aromatic heterocycles. The number of benzene rings is 2. The van der Waals surface area contributed by atoms with Crippen LogP contribution in [-0.4, -0.2) is 34.6 Å². The molecule has 0 fully saturated rings. The topological polar surface area (TPSA) is 91.8 Å². The van der Waals surface area contributed by atoms with Crippen LogP contribution in [0.25, 0.3) is 0 Å². The van der Waals surface area contributed by atoms with E-state index in [0.717, 1.165) is 29.0 Å². The molecule has 0 saturated heterocycles. The third kappa shape index (κ3) is 9.70. The summed E-state index contributed by atoms with van der Waals surface area (Å²) in [5.41, 5.74) is 2.68. The van der Waals surface area contributed by atoms with Crippen LogP contribution in [0.3, 0.4) is 0 Å². The molecule has 0 atom stereocenters. The number of nitrogens with one attached hydrogen (secondary N) is 3. The van der Waals surface area contributed by atoms with E-state index >= 15 is 0 Å². The molecule has 0 amide bonds. The smallest absolute Gasteiger partial charge is 0.215 e. The lowest BCUT2D eigenvalue weighted by Crippen LogP contribution is -2.36. The van der Waals surface area contributed by atoms with Crippen LogP contribution in [-0.2, 0) is 28.9 Å². The summed E-state index contributed by atoms with van der Waals surface area (Å²) in [6.07, 6.45) is 1.71. The molecule has 0 spiro atoms. The number of hydrogen-bond acceptors (Lipinski definition) is 4. The van der Waals surface area contributed by atoms with Crippen molar-refractivity contribution in [3.63, 3.8) is 0 Å². The summed E-state index contributed by atoms with van der Waals surface area (Å²) >= 11 is 0. The lowest BCUT2D eigenvalue weighted by Gasteiger charge is -2.14. The maximum atomic E-state index is 11.8. The molecule has 2 aromatic carbocycles. The van der Waals surface area contributed by atoms with Gasteiger partial charge >= 0.3 is 0 Å². The van der Waals surface area contributed by atoms with E-state index < -0.39 is 10.0 Å². The Bertz CT molecular complexity index is 965. The second kappa shape index (κ2) is 14.0. The molecule has 0 heterocycles. The minimum Gasteiger partial charge on any atom is -0.489 e. The first-order valence-corrected chi connectivity index (χ1v) is 11.5. The molecule has 0 aliphatic carbocycles. The largest absolute Gasteiger partial charge is 0.489 e. The van der Waals surface area contributed by atoms with Gasteiger partial charge in [0.05, 0.1) is 12.3 Å². The first kappa shape index (κ1) is 26.9. The second-order valence-corrected chi connectivity index (χ2v) is 8.47. The van der Waals surface area contributed by atoms with Crippen LogP contribution in [0.4, 0.5) is 0 Å². The molecule has 2 aromatic rings. The number of ether oxygens (including phenoxy) is 1. The van der Waals surface area contributed by atoms with Gasteiger partial charge in [0.15, 0.2) is 5.96 Å². The molecule has 3 N–H and O–H groups in total. The van der Waals surface area contributed by atoms with Crippen LogP contribution in [0.1, 0.15) is 23.6 Å². The Labute approximate surface area is 202 Å². The van der Waals surface area contributed by atoms with Crippen LogP contribution in [0.15, 0.2) is 66.2 Å². The van der Waals surface area contributed by atoms with E-state index in [4.69, 9.17) is 4.74 Å². The highest BCUT2D eigenvalue weighted by Gasteiger charge is 2.09. The van der Waals surface area contributed by atoms with Crippen molar-refractivity contribution in [3.05, 3.63) is 77.9 Å². The summed E-state index contributed by atoms with van der Waals surface area (Å²) in [7, 11) is -1.89. The fraction of sp³-hybridized carbons (Fsp3) is 0.318. The molecule has 0 radical (unpaired) electrons. The molecular formula is C22H31IN4O3S. The van der Waals surface area contributed by atoms with Gasteiger partial charge in [-0.3, -0.25) is 0 Å². The lowest BCUT2D eigenvalue weighted by atomic mass is 10.1. The Kier molecular flexibility index (Phi) is 12.2. The standard InChI is InChI=1S/C22H30N4O3S.HI/c1-4-13-29-21-12-7-6-11-20(21)16-26-22(24-5-2)25-15-18-9-8-10-19(14-18)17-30(27,28)23-3;/h4,6-12,14,23H,1,5,13,15-17H2,2-3H3,(H2,24,25,26);1H. The quantitative estimate of drug-likeness (QED) is 0.171. The van der Waals surface area contributed by atoms with Gasteiger partial charge in [-0.1, -0.05) is 55.1 Å². The SMILES string of the molecule is C=CCOc1ccccc1CNC(=NCc1cccc(CS(=O)(=O)NC)c1)NCC.I. The number of hydrogen-bond donors (Lipinski definition) is 3. The van der Waals surface area contributed by atoms with Crippen molar-refractivity contribution >= 4 is 40.0 Å². The fourth-order valence-electron chi connectivity index (χ4n) is 2.74. The van der Waals surface area contributed by atoms with E-state index in [-0.39, 0.29) is 29.7 Å². The van der Waals surface area contributed by atoms with Crippen molar-refractivity contribution in [1.29, 1.82) is 0 Å². The fourth-order valence-corrected chi connectivity index (χ4v) is 3.50. The van der Waals surface area contributed by atoms with Gasteiger partial charge in [-0.2, -0.15) is 0 Å². The third-order valence-electron chi connectivity index (χ3n) is 4.20. The molecule has 9 heteroatoms. The van der Waals surface area contributed by atoms with Gasteiger partial charge in [-0.05, 0) is 31.2 Å². The normalized spacial score (nSPS) is 11.4. The van der Waals surface area contributed by atoms with Gasteiger partial charge in [0.2, 0.25) is 10.0 Å². The van der Waals surface area contributed by atoms with E-state index in [0.29, 0.717) is 25.7 Å². The molecule has 0 unspecified atom stereocenters. The highest BCUT2D eigenvalue weighted by Crippen LogP contribution is 2.17. The third-order valence-corrected chi connectivity index (χ3v) is 5.53. The maximum absolute atomic E-state index is 11.8. The van der Waals surface area contributed by atoms with Crippen molar-refractivity contribution in [2.75, 3.05) is 20.2 Å². The minimum absolute atomic E-state index is 0. The zero-order valence-corrected chi connectivity index (χ0v) is 21.1. The maximum Gasteiger partial charge on any atom is 0.215 e. The molecule has 7 nitrogen and oxygen atoms in total. The van der Waals surface area contributed by atoms with E-state index in [1.54, 1.807) is 12.1 Å². The Morgan fingerprint density at radius 1 is 1.13 bits per heavy atom. The highest BCUT2D eigenvalue weighted by atomic mass is 127. The van der Waals surface area contributed by atoms with Crippen molar-refractivity contribution in [3.8, 4) is 5.75 Å². The minimum atomic E-state index is -3.31. The molecule has 170 valence electrons. The number of rotatable bonds is 11. The second-order valence-electron chi connectivity index (χ2n) is 6.54. The van der Waals surface area contributed by atoms with Crippen LogP contribution in [0.5, 0.6) is 5.75 Å². The average Bonchev–Trinajstić information content (AvgIpc) is 2.74. The van der Waals surface area contributed by atoms with Gasteiger partial charge in [0.25, 0.3) is 0 Å². The highest BCUT2D eigenvalue weighted by molar-refractivity contribution is 14.0. The van der Waals surface area contributed by atoms with Gasteiger partial charge < -0.3 is 15.4 Å². The van der Waals surface area contributed by atoms with Gasteiger partial charge in [-0.25, -0.2) is 18.1 Å². The molecule has 0 aliphatic rings. The monoisotopic (exact) mass is 558 g/mol. The van der Waals surface area contributed by atoms with Crippen molar-refractivity contribution in [2.24, 2.45) is 4.99 Å². The molecule has 2 rings (SSSR count). The van der Waals surface area contributed by atoms with Crippen molar-refractivity contribution < 1.29 is 13.2 Å². The van der Waals surface area contributed by atoms with E-state index in [1.165, 1.54) is 7.05 Å². The molecule has 0 aliphatic heterocycles. The van der Waals surface area contributed by atoms with Crippen LogP contribution >= 0.6 is 24.0 Å². The number of sulfonamides is 1. The van der Waals surface area contributed by atoms with Gasteiger partial charge in [0.1, 0.15) is 12.4 Å². The van der Waals surface area contributed by atoms with E-state index in [1.807, 2.05) is 49.4 Å². The van der Waals surface area contributed by atoms with E-state index in [2.05, 4.69) is 26.9 Å². The van der Waals surface area contributed by atoms with Crippen LogP contribution < -0.4 is 20.1 Å². The lowest BCUT2D eigenvalue weighted by molar-refractivity contribution is 0.358. The number of aliphatic imine (C=N–C) groups is 1. The number of para-hydroxylation sites is 1. The summed E-state index contributed by atoms with van der Waals surface area (Å²) in [4.78, 5) is 4.62. The molecule has 0 bridgehead atoms. The summed E-state index contributed by atoms with van der Waals surface area (Å²) in [6.45, 7) is 7.84. The van der Waals surface area contributed by atoms with Crippen molar-refractivity contribution in [1.82, 2.24) is 15.4 Å². The predicted molar refractivity (Wildman–Crippen MR) is 137 cm³/mol. The first-order chi connectivity index (χ1) is 14.5. The summed E-state index contributed by atoms with van der Waals surface area (Å²) < 4.78 is 31.6. The van der Waals surface area contributed by atoms with Crippen LogP contribution in [0, 0.1) is 0 Å². The van der Waals surface area contributed by atoms with Gasteiger partial charge in [-0.15, -0.1) is 24.0 Å². The van der Waals surface area contributed by atoms with E-state index in [9.17, 15) is 8.42 Å². The van der Waals surface area contributed by atoms with Crippen LogP contribution in [0.2, 0.25) is 0 Å². The Hall–Kier alpha value is -2.11. The average molecular weight is 558 g/mol. The zero-order valence-electron chi connectivity index (χ0n) is 17.9. The number of guanidine groups is 1. The van der Waals surface area contributed by atoms with Crippen molar-refractivity contribution in [2.45, 2.75) is 25.8 Å². The number of halogens is 1. The zero-order chi connectivity index (χ0) is 21.8. The first-order valence-electron chi connectivity index (χ1n) is 9.80. The molecular weight excluding hydrogens is 527 g/mol. The number of nitrogens with zero attached hydrogens (tertiary/aromatic N) is 1. The van der Waals surface area contributed by atoms with Gasteiger partial charge in [0, 0.05) is 18.7 Å². The summed E-state index contributed by atoms with van der Waals surface area (Å²) in [6, 6.07) is 15.3. The predicted octanol–water partition coefficient (Wildman–Crippen LogP) is 3.17. The molecule has 31 heavy (non-hydrogen) atoms. The molecule has 0 saturated carbocycles. The summed E-state index contributed by atoms with van der Waals surface area (Å²) in [5.74, 6) is 1.42. The Morgan fingerprint density at radius 3 is 2.58 bits per heavy atom.